The second-order valence-corrected chi connectivity index (χ2v) is 4.70. The van der Waals surface area contributed by atoms with Crippen molar-refractivity contribution in [2.24, 2.45) is 0 Å². The highest BCUT2D eigenvalue weighted by atomic mass is 16.5. The predicted octanol–water partition coefficient (Wildman–Crippen LogP) is 1.95. The van der Waals surface area contributed by atoms with Crippen molar-refractivity contribution in [3.63, 3.8) is 0 Å². The Morgan fingerprint density at radius 3 is 2.35 bits per heavy atom. The molecule has 0 saturated heterocycles. The largest absolute Gasteiger partial charge is 0.497 e. The van der Waals surface area contributed by atoms with E-state index in [4.69, 9.17) is 9.84 Å². The van der Waals surface area contributed by atoms with Gasteiger partial charge in [0.05, 0.1) is 13.5 Å². The van der Waals surface area contributed by atoms with Gasteiger partial charge in [0.1, 0.15) is 12.3 Å². The van der Waals surface area contributed by atoms with Gasteiger partial charge < -0.3 is 14.7 Å². The van der Waals surface area contributed by atoms with Crippen LogP contribution in [-0.4, -0.2) is 41.6 Å². The number of carboxylic acid groups (broad SMARTS) is 1. The van der Waals surface area contributed by atoms with Crippen molar-refractivity contribution in [1.82, 2.24) is 4.90 Å². The quantitative estimate of drug-likeness (QED) is 0.828. The molecule has 1 atom stereocenters. The maximum atomic E-state index is 12.2. The molecule has 1 aromatic carbocycles. The molecule has 0 aromatic heterocycles. The normalized spacial score (nSPS) is 11.8. The van der Waals surface area contributed by atoms with Gasteiger partial charge >= 0.3 is 5.97 Å². The minimum absolute atomic E-state index is 0.0863. The number of ether oxygens (including phenoxy) is 1. The summed E-state index contributed by atoms with van der Waals surface area (Å²) in [6, 6.07) is 7.11. The first-order valence-electron chi connectivity index (χ1n) is 6.62. The maximum Gasteiger partial charge on any atom is 0.323 e. The van der Waals surface area contributed by atoms with Gasteiger partial charge in [-0.1, -0.05) is 19.1 Å². The zero-order chi connectivity index (χ0) is 15.1. The zero-order valence-electron chi connectivity index (χ0n) is 12.1. The first-order chi connectivity index (χ1) is 9.47. The minimum atomic E-state index is -0.992. The molecule has 0 heterocycles. The topological polar surface area (TPSA) is 66.8 Å². The molecule has 0 fully saturated rings. The molecule has 0 aliphatic rings. The van der Waals surface area contributed by atoms with E-state index in [1.807, 2.05) is 26.0 Å². The summed E-state index contributed by atoms with van der Waals surface area (Å²) >= 11 is 0. The highest BCUT2D eigenvalue weighted by molar-refractivity contribution is 5.83. The van der Waals surface area contributed by atoms with Crippen molar-refractivity contribution in [3.05, 3.63) is 29.8 Å². The lowest BCUT2D eigenvalue weighted by atomic mass is 10.1. The number of aliphatic carboxylic acids is 1. The van der Waals surface area contributed by atoms with Gasteiger partial charge in [0.25, 0.3) is 0 Å². The standard InChI is InChI=1S/C15H21NO4/c1-4-11(2)16(10-15(18)19)14(17)9-12-5-7-13(20-3)8-6-12/h5-8,11H,4,9-10H2,1-3H3,(H,18,19). The average molecular weight is 279 g/mol. The summed E-state index contributed by atoms with van der Waals surface area (Å²) < 4.78 is 5.06. The fourth-order valence-corrected chi connectivity index (χ4v) is 1.88. The number of benzene rings is 1. The van der Waals surface area contributed by atoms with Gasteiger partial charge in [-0.25, -0.2) is 0 Å². The lowest BCUT2D eigenvalue weighted by Crippen LogP contribution is -2.42. The van der Waals surface area contributed by atoms with Crippen LogP contribution in [0, 0.1) is 0 Å². The molecule has 1 N–H and O–H groups in total. The van der Waals surface area contributed by atoms with Gasteiger partial charge in [0.15, 0.2) is 0 Å². The van der Waals surface area contributed by atoms with Crippen LogP contribution in [0.2, 0.25) is 0 Å². The van der Waals surface area contributed by atoms with Crippen LogP contribution in [0.4, 0.5) is 0 Å². The fourth-order valence-electron chi connectivity index (χ4n) is 1.88. The summed E-state index contributed by atoms with van der Waals surface area (Å²) in [5.74, 6) is -0.439. The molecule has 1 rings (SSSR count). The van der Waals surface area contributed by atoms with Crippen LogP contribution < -0.4 is 4.74 Å². The van der Waals surface area contributed by atoms with Gasteiger partial charge in [0, 0.05) is 6.04 Å². The highest BCUT2D eigenvalue weighted by Gasteiger charge is 2.21. The summed E-state index contributed by atoms with van der Waals surface area (Å²) in [5.41, 5.74) is 0.842. The lowest BCUT2D eigenvalue weighted by molar-refractivity contribution is -0.145. The second-order valence-electron chi connectivity index (χ2n) is 4.70. The van der Waals surface area contributed by atoms with E-state index in [1.165, 1.54) is 4.90 Å². The Morgan fingerprint density at radius 1 is 1.30 bits per heavy atom. The Hall–Kier alpha value is -2.04. The molecule has 1 aromatic rings. The second kappa shape index (κ2) is 7.53. The summed E-state index contributed by atoms with van der Waals surface area (Å²) in [6.45, 7) is 3.53. The van der Waals surface area contributed by atoms with Crippen molar-refractivity contribution in [2.75, 3.05) is 13.7 Å². The molecule has 0 spiro atoms. The minimum Gasteiger partial charge on any atom is -0.497 e. The molecule has 0 aliphatic heterocycles. The first kappa shape index (κ1) is 16.0. The summed E-state index contributed by atoms with van der Waals surface area (Å²) in [7, 11) is 1.58. The molecule has 5 nitrogen and oxygen atoms in total. The number of amides is 1. The van der Waals surface area contributed by atoms with Gasteiger partial charge in [-0.3, -0.25) is 9.59 Å². The van der Waals surface area contributed by atoms with Gasteiger partial charge in [-0.2, -0.15) is 0 Å². The third-order valence-corrected chi connectivity index (χ3v) is 3.26. The van der Waals surface area contributed by atoms with Gasteiger partial charge in [0.2, 0.25) is 5.91 Å². The number of methoxy groups -OCH3 is 1. The van der Waals surface area contributed by atoms with Crippen LogP contribution in [-0.2, 0) is 16.0 Å². The van der Waals surface area contributed by atoms with E-state index in [0.29, 0.717) is 0 Å². The third kappa shape index (κ3) is 4.57. The van der Waals surface area contributed by atoms with Crippen LogP contribution in [0.15, 0.2) is 24.3 Å². The number of hydrogen-bond donors (Lipinski definition) is 1. The van der Waals surface area contributed by atoms with Gasteiger partial charge in [-0.05, 0) is 31.0 Å². The predicted molar refractivity (Wildman–Crippen MR) is 75.8 cm³/mol. The molecule has 1 amide bonds. The van der Waals surface area contributed by atoms with Crippen LogP contribution in [0.25, 0.3) is 0 Å². The number of nitrogens with zero attached hydrogens (tertiary/aromatic N) is 1. The van der Waals surface area contributed by atoms with E-state index in [2.05, 4.69) is 0 Å². The molecule has 5 heteroatoms. The Bertz CT molecular complexity index is 455. The van der Waals surface area contributed by atoms with E-state index in [1.54, 1.807) is 19.2 Å². The summed E-state index contributed by atoms with van der Waals surface area (Å²) in [5, 5.41) is 8.90. The van der Waals surface area contributed by atoms with Gasteiger partial charge in [-0.15, -0.1) is 0 Å². The maximum absolute atomic E-state index is 12.2. The van der Waals surface area contributed by atoms with Crippen molar-refractivity contribution >= 4 is 11.9 Å². The van der Waals surface area contributed by atoms with Crippen LogP contribution >= 0.6 is 0 Å². The van der Waals surface area contributed by atoms with Crippen LogP contribution in [0.1, 0.15) is 25.8 Å². The molecule has 0 saturated carbocycles. The molecular formula is C15H21NO4. The van der Waals surface area contributed by atoms with Crippen molar-refractivity contribution in [3.8, 4) is 5.75 Å². The monoisotopic (exact) mass is 279 g/mol. The molecule has 1 unspecified atom stereocenters. The smallest absolute Gasteiger partial charge is 0.323 e. The summed E-state index contributed by atoms with van der Waals surface area (Å²) in [6.07, 6.45) is 0.920. The Morgan fingerprint density at radius 2 is 1.90 bits per heavy atom. The Labute approximate surface area is 119 Å². The molecule has 20 heavy (non-hydrogen) atoms. The molecular weight excluding hydrogens is 258 g/mol. The fraction of sp³-hybridized carbons (Fsp3) is 0.467. The Kier molecular flexibility index (Phi) is 6.03. The highest BCUT2D eigenvalue weighted by Crippen LogP contribution is 2.13. The van der Waals surface area contributed by atoms with Crippen LogP contribution in [0.3, 0.4) is 0 Å². The first-order valence-corrected chi connectivity index (χ1v) is 6.62. The molecule has 0 radical (unpaired) electrons. The number of carbonyl (C=O) groups excluding carboxylic acids is 1. The van der Waals surface area contributed by atoms with E-state index in [0.717, 1.165) is 17.7 Å². The number of rotatable bonds is 7. The average Bonchev–Trinajstić information content (AvgIpc) is 2.44. The lowest BCUT2D eigenvalue weighted by Gasteiger charge is -2.27. The zero-order valence-corrected chi connectivity index (χ0v) is 12.1. The van der Waals surface area contributed by atoms with E-state index in [9.17, 15) is 9.59 Å². The number of hydrogen-bond acceptors (Lipinski definition) is 3. The SMILES string of the molecule is CCC(C)N(CC(=O)O)C(=O)Cc1ccc(OC)cc1. The number of carbonyl (C=O) groups is 2. The molecule has 0 bridgehead atoms. The van der Waals surface area contributed by atoms with E-state index < -0.39 is 5.97 Å². The third-order valence-electron chi connectivity index (χ3n) is 3.26. The molecule has 0 aliphatic carbocycles. The number of carboxylic acids is 1. The summed E-state index contributed by atoms with van der Waals surface area (Å²) in [4.78, 5) is 24.5. The van der Waals surface area contributed by atoms with Crippen molar-refractivity contribution in [1.29, 1.82) is 0 Å². The van der Waals surface area contributed by atoms with E-state index in [-0.39, 0.29) is 24.9 Å². The van der Waals surface area contributed by atoms with Crippen molar-refractivity contribution in [2.45, 2.75) is 32.7 Å². The van der Waals surface area contributed by atoms with Crippen molar-refractivity contribution < 1.29 is 19.4 Å². The van der Waals surface area contributed by atoms with Crippen LogP contribution in [0.5, 0.6) is 5.75 Å². The Balaban J connectivity index is 2.76. The van der Waals surface area contributed by atoms with E-state index >= 15 is 0 Å². The molecule has 110 valence electrons.